The second-order valence-electron chi connectivity index (χ2n) is 10.7. The van der Waals surface area contributed by atoms with Crippen LogP contribution in [0.2, 0.25) is 0 Å². The smallest absolute Gasteiger partial charge is 0.415 e. The third-order valence-electron chi connectivity index (χ3n) is 6.91. The van der Waals surface area contributed by atoms with Gasteiger partial charge in [0.1, 0.15) is 0 Å². The molecule has 0 spiro atoms. The third kappa shape index (κ3) is 7.95. The Balaban J connectivity index is 1.55. The zero-order valence-electron chi connectivity index (χ0n) is 23.8. The molecule has 13 heteroatoms. The molecule has 228 valence electrons. The van der Waals surface area contributed by atoms with Crippen molar-refractivity contribution in [2.75, 3.05) is 24.5 Å². The summed E-state index contributed by atoms with van der Waals surface area (Å²) in [6.45, 7) is 3.29. The number of cyclic esters (lactones) is 1. The van der Waals surface area contributed by atoms with E-state index in [9.17, 15) is 33.2 Å². The molecule has 3 aromatic rings. The summed E-state index contributed by atoms with van der Waals surface area (Å²) in [5.41, 5.74) is 1.11. The summed E-state index contributed by atoms with van der Waals surface area (Å²) >= 11 is 0. The molecule has 1 fully saturated rings. The second-order valence-corrected chi connectivity index (χ2v) is 12.6. The van der Waals surface area contributed by atoms with Crippen molar-refractivity contribution in [3.8, 4) is 0 Å². The number of benzene rings is 3. The Morgan fingerprint density at radius 1 is 1.05 bits per heavy atom. The lowest BCUT2D eigenvalue weighted by Crippen LogP contribution is -2.53. The van der Waals surface area contributed by atoms with Crippen molar-refractivity contribution in [3.05, 3.63) is 101 Å². The first kappa shape index (κ1) is 31.6. The Morgan fingerprint density at radius 2 is 1.65 bits per heavy atom. The molecule has 1 aliphatic rings. The number of nitrogens with zero attached hydrogens (tertiary/aromatic N) is 3. The highest BCUT2D eigenvalue weighted by Gasteiger charge is 2.39. The minimum atomic E-state index is -4.17. The van der Waals surface area contributed by atoms with Crippen molar-refractivity contribution in [2.45, 2.75) is 43.4 Å². The van der Waals surface area contributed by atoms with E-state index < -0.39 is 45.2 Å². The summed E-state index contributed by atoms with van der Waals surface area (Å²) in [7, 11) is -4.17. The van der Waals surface area contributed by atoms with Crippen molar-refractivity contribution < 1.29 is 32.8 Å². The van der Waals surface area contributed by atoms with Gasteiger partial charge in [0.25, 0.3) is 11.6 Å². The number of aliphatic hydroxyl groups excluding tert-OH is 1. The number of carbonyl (C=O) groups excluding carboxylic acids is 2. The van der Waals surface area contributed by atoms with Crippen molar-refractivity contribution in [1.82, 2.24) is 9.62 Å². The summed E-state index contributed by atoms with van der Waals surface area (Å²) in [5.74, 6) is -0.746. The quantitative estimate of drug-likeness (QED) is 0.220. The van der Waals surface area contributed by atoms with Crippen LogP contribution in [0, 0.1) is 16.0 Å². The van der Waals surface area contributed by atoms with Gasteiger partial charge in [-0.15, -0.1) is 0 Å². The highest BCUT2D eigenvalue weighted by atomic mass is 32.2. The maximum Gasteiger partial charge on any atom is 0.415 e. The maximum atomic E-state index is 13.6. The number of aliphatic hydroxyl groups is 1. The molecule has 0 aliphatic carbocycles. The van der Waals surface area contributed by atoms with Gasteiger partial charge in [0.2, 0.25) is 10.0 Å². The van der Waals surface area contributed by atoms with E-state index in [1.165, 1.54) is 4.90 Å². The lowest BCUT2D eigenvalue weighted by Gasteiger charge is -2.31. The molecule has 0 aromatic heterocycles. The van der Waals surface area contributed by atoms with Gasteiger partial charge < -0.3 is 15.2 Å². The van der Waals surface area contributed by atoms with E-state index in [4.69, 9.17) is 4.74 Å². The summed E-state index contributed by atoms with van der Waals surface area (Å²) in [6, 6.07) is 21.4. The van der Waals surface area contributed by atoms with Crippen LogP contribution in [0.5, 0.6) is 0 Å². The number of carbonyl (C=O) groups is 2. The molecule has 0 unspecified atom stereocenters. The van der Waals surface area contributed by atoms with Crippen LogP contribution in [0.3, 0.4) is 0 Å². The predicted octanol–water partition coefficient (Wildman–Crippen LogP) is 3.36. The van der Waals surface area contributed by atoms with Gasteiger partial charge in [-0.1, -0.05) is 62.4 Å². The molecule has 0 radical (unpaired) electrons. The Bertz CT molecular complexity index is 1520. The van der Waals surface area contributed by atoms with Gasteiger partial charge in [0.15, 0.2) is 6.10 Å². The van der Waals surface area contributed by atoms with Gasteiger partial charge in [-0.3, -0.25) is 19.8 Å². The van der Waals surface area contributed by atoms with E-state index >= 15 is 0 Å². The van der Waals surface area contributed by atoms with Crippen molar-refractivity contribution in [3.63, 3.8) is 0 Å². The number of amides is 2. The number of nitrogens with one attached hydrogen (secondary N) is 1. The van der Waals surface area contributed by atoms with Crippen LogP contribution < -0.4 is 10.2 Å². The van der Waals surface area contributed by atoms with Crippen LogP contribution in [-0.2, 0) is 26.0 Å². The Kier molecular flexibility index (Phi) is 10.1. The first-order valence-corrected chi connectivity index (χ1v) is 15.2. The fraction of sp³-hybridized carbons (Fsp3) is 0.333. The highest BCUT2D eigenvalue weighted by Crippen LogP contribution is 2.23. The highest BCUT2D eigenvalue weighted by molar-refractivity contribution is 7.89. The van der Waals surface area contributed by atoms with Crippen LogP contribution >= 0.6 is 0 Å². The Hall–Kier alpha value is -4.33. The molecule has 0 saturated carbocycles. The summed E-state index contributed by atoms with van der Waals surface area (Å²) < 4.78 is 33.6. The Morgan fingerprint density at radius 3 is 2.23 bits per heavy atom. The normalized spacial score (nSPS) is 16.6. The molecule has 1 heterocycles. The lowest BCUT2D eigenvalue weighted by atomic mass is 10.0. The molecular formula is C30H34N4O8S. The van der Waals surface area contributed by atoms with E-state index in [2.05, 4.69) is 5.32 Å². The summed E-state index contributed by atoms with van der Waals surface area (Å²) in [6.07, 6.45) is -3.01. The van der Waals surface area contributed by atoms with Gasteiger partial charge in [-0.05, 0) is 42.2 Å². The van der Waals surface area contributed by atoms with E-state index in [0.29, 0.717) is 5.69 Å². The molecule has 2 N–H and O–H groups in total. The second kappa shape index (κ2) is 13.8. The van der Waals surface area contributed by atoms with Crippen LogP contribution in [0.1, 0.15) is 19.4 Å². The number of nitro benzene ring substituents is 1. The monoisotopic (exact) mass is 610 g/mol. The zero-order valence-corrected chi connectivity index (χ0v) is 24.6. The molecule has 3 aromatic carbocycles. The number of para-hydroxylation sites is 1. The minimum Gasteiger partial charge on any atom is -0.434 e. The van der Waals surface area contributed by atoms with Crippen molar-refractivity contribution in [2.24, 2.45) is 5.92 Å². The van der Waals surface area contributed by atoms with Gasteiger partial charge in [0, 0.05) is 30.9 Å². The molecule has 43 heavy (non-hydrogen) atoms. The van der Waals surface area contributed by atoms with Crippen LogP contribution in [-0.4, -0.2) is 72.6 Å². The number of nitro groups is 1. The zero-order chi connectivity index (χ0) is 31.1. The molecule has 3 atom stereocenters. The largest absolute Gasteiger partial charge is 0.434 e. The standard InChI is InChI=1S/C30H34N4O8S/c1-21(2)18-32(43(40,41)25-15-13-24(14-16-25)34(38)39)19-27(35)26(17-22-9-5-3-6-10-22)31-29(36)28-20-33(30(37)42-28)23-11-7-4-8-12-23/h3-16,21,26-28,35H,17-20H2,1-2H3,(H,31,36)/t26-,27+,28-/m0/s1. The number of sulfonamides is 1. The van der Waals surface area contributed by atoms with E-state index in [-0.39, 0.29) is 42.6 Å². The van der Waals surface area contributed by atoms with Gasteiger partial charge in [0.05, 0.1) is 28.5 Å². The number of hydrogen-bond acceptors (Lipinski definition) is 8. The maximum absolute atomic E-state index is 13.6. The fourth-order valence-electron chi connectivity index (χ4n) is 4.75. The number of ether oxygens (including phenoxy) is 1. The van der Waals surface area contributed by atoms with Crippen molar-refractivity contribution in [1.29, 1.82) is 0 Å². The fourth-order valence-corrected chi connectivity index (χ4v) is 6.37. The topological polar surface area (TPSA) is 159 Å². The van der Waals surface area contributed by atoms with E-state index in [0.717, 1.165) is 34.1 Å². The molecule has 12 nitrogen and oxygen atoms in total. The molecule has 1 aliphatic heterocycles. The van der Waals surface area contributed by atoms with Gasteiger partial charge >= 0.3 is 6.09 Å². The van der Waals surface area contributed by atoms with Gasteiger partial charge in [-0.2, -0.15) is 4.31 Å². The van der Waals surface area contributed by atoms with Crippen molar-refractivity contribution >= 4 is 33.4 Å². The molecule has 4 rings (SSSR count). The summed E-state index contributed by atoms with van der Waals surface area (Å²) in [5, 5.41) is 25.3. The average molecular weight is 611 g/mol. The minimum absolute atomic E-state index is 0.0309. The van der Waals surface area contributed by atoms with Crippen LogP contribution in [0.25, 0.3) is 0 Å². The molecule has 1 saturated heterocycles. The predicted molar refractivity (Wildman–Crippen MR) is 159 cm³/mol. The molecule has 2 amide bonds. The summed E-state index contributed by atoms with van der Waals surface area (Å²) in [4.78, 5) is 37.5. The first-order valence-electron chi connectivity index (χ1n) is 13.8. The Labute approximate surface area is 250 Å². The first-order chi connectivity index (χ1) is 20.5. The molecule has 0 bridgehead atoms. The van der Waals surface area contributed by atoms with Crippen LogP contribution in [0.4, 0.5) is 16.2 Å². The SMILES string of the molecule is CC(C)CN(C[C@@H](O)[C@H](Cc1ccccc1)NC(=O)[C@@H]1CN(c2ccccc2)C(=O)O1)S(=O)(=O)c1ccc([N+](=O)[O-])cc1. The third-order valence-corrected chi connectivity index (χ3v) is 8.75. The van der Waals surface area contributed by atoms with E-state index in [1.54, 1.807) is 42.5 Å². The van der Waals surface area contributed by atoms with Crippen LogP contribution in [0.15, 0.2) is 89.8 Å². The van der Waals surface area contributed by atoms with Gasteiger partial charge in [-0.25, -0.2) is 13.2 Å². The number of non-ortho nitro benzene ring substituents is 1. The molecular weight excluding hydrogens is 576 g/mol. The number of anilines is 1. The number of rotatable bonds is 13. The number of hydrogen-bond donors (Lipinski definition) is 2. The van der Waals surface area contributed by atoms with E-state index in [1.807, 2.05) is 32.0 Å². The lowest BCUT2D eigenvalue weighted by molar-refractivity contribution is -0.384. The average Bonchev–Trinajstić information content (AvgIpc) is 3.38.